The molecule has 3 aromatic rings. The van der Waals surface area contributed by atoms with E-state index in [1.807, 2.05) is 0 Å². The van der Waals surface area contributed by atoms with Gasteiger partial charge in [-0.25, -0.2) is 9.97 Å². The van der Waals surface area contributed by atoms with Crippen molar-refractivity contribution in [2.45, 2.75) is 23.3 Å². The quantitative estimate of drug-likeness (QED) is 0.165. The predicted molar refractivity (Wildman–Crippen MR) is 117 cm³/mol. The summed E-state index contributed by atoms with van der Waals surface area (Å²) in [6.45, 7) is 3.33. The minimum absolute atomic E-state index is 0.110. The maximum atomic E-state index is 13.4. The lowest BCUT2D eigenvalue weighted by atomic mass is 10.1. The van der Waals surface area contributed by atoms with E-state index in [9.17, 15) is 31.1 Å². The van der Waals surface area contributed by atoms with Crippen LogP contribution in [0.4, 0.5) is 43.5 Å². The van der Waals surface area contributed by atoms with Gasteiger partial charge < -0.3 is 10.6 Å². The minimum Gasteiger partial charge on any atom is -0.340 e. The zero-order valence-corrected chi connectivity index (χ0v) is 18.0. The molecule has 5 nitrogen and oxygen atoms in total. The molecule has 2 N–H and O–H groups in total. The Morgan fingerprint density at radius 3 is 2.32 bits per heavy atom. The summed E-state index contributed by atoms with van der Waals surface area (Å²) in [6.07, 6.45) is -8.36. The van der Waals surface area contributed by atoms with Crippen molar-refractivity contribution in [2.75, 3.05) is 10.6 Å². The van der Waals surface area contributed by atoms with Crippen molar-refractivity contribution in [2.24, 2.45) is 0 Å². The molecule has 0 bridgehead atoms. The van der Waals surface area contributed by atoms with Gasteiger partial charge in [0.05, 0.1) is 5.56 Å². The summed E-state index contributed by atoms with van der Waals surface area (Å²) in [7, 11) is 0. The predicted octanol–water partition coefficient (Wildman–Crippen LogP) is 6.67. The molecule has 1 heterocycles. The molecule has 0 saturated heterocycles. The summed E-state index contributed by atoms with van der Waals surface area (Å²) in [6, 6.07) is 11.6. The van der Waals surface area contributed by atoms with Crippen molar-refractivity contribution in [1.82, 2.24) is 9.97 Å². The van der Waals surface area contributed by atoms with Crippen LogP contribution < -0.4 is 10.6 Å². The van der Waals surface area contributed by atoms with Gasteiger partial charge in [-0.15, -0.1) is 0 Å². The van der Waals surface area contributed by atoms with Crippen LogP contribution in [-0.2, 0) is 22.9 Å². The molecule has 178 valence electrons. The third kappa shape index (κ3) is 6.73. The number of benzene rings is 2. The summed E-state index contributed by atoms with van der Waals surface area (Å²) in [5.74, 6) is -0.989. The lowest BCUT2D eigenvalue weighted by Gasteiger charge is -2.14. The van der Waals surface area contributed by atoms with E-state index in [2.05, 4.69) is 27.2 Å². The molecule has 3 rings (SSSR count). The number of nitrogens with one attached hydrogen (secondary N) is 2. The SMILES string of the molecule is C=CC(=O)Nc1cccc(Nc2cc(C(F)(F)F)nc(SCc3ccccc3C(F)(F)F)n2)c1. The van der Waals surface area contributed by atoms with Crippen molar-refractivity contribution < 1.29 is 31.1 Å². The van der Waals surface area contributed by atoms with E-state index >= 15 is 0 Å². The molecular weight excluding hydrogens is 482 g/mol. The Kier molecular flexibility index (Phi) is 7.50. The Balaban J connectivity index is 1.88. The van der Waals surface area contributed by atoms with E-state index in [1.165, 1.54) is 30.3 Å². The van der Waals surface area contributed by atoms with Gasteiger partial charge in [-0.2, -0.15) is 26.3 Å². The van der Waals surface area contributed by atoms with Gasteiger partial charge in [0.25, 0.3) is 0 Å². The normalized spacial score (nSPS) is 11.7. The highest BCUT2D eigenvalue weighted by Crippen LogP contribution is 2.36. The Bertz CT molecular complexity index is 1200. The number of alkyl halides is 6. The number of carbonyl (C=O) groups excluding carboxylic acids is 1. The molecule has 0 aliphatic heterocycles. The van der Waals surface area contributed by atoms with E-state index in [0.29, 0.717) is 29.2 Å². The second-order valence-electron chi connectivity index (χ2n) is 6.76. The van der Waals surface area contributed by atoms with Crippen molar-refractivity contribution in [3.05, 3.63) is 84.1 Å². The summed E-state index contributed by atoms with van der Waals surface area (Å²) >= 11 is 0.643. The van der Waals surface area contributed by atoms with Gasteiger partial charge in [0.2, 0.25) is 5.91 Å². The first-order valence-corrected chi connectivity index (χ1v) is 10.5. The first-order chi connectivity index (χ1) is 16.0. The Morgan fingerprint density at radius 1 is 0.941 bits per heavy atom. The molecule has 1 amide bonds. The van der Waals surface area contributed by atoms with Crippen LogP contribution in [0.3, 0.4) is 0 Å². The van der Waals surface area contributed by atoms with E-state index in [4.69, 9.17) is 0 Å². The van der Waals surface area contributed by atoms with Gasteiger partial charge >= 0.3 is 12.4 Å². The van der Waals surface area contributed by atoms with Crippen molar-refractivity contribution >= 4 is 34.9 Å². The van der Waals surface area contributed by atoms with Crippen LogP contribution in [-0.4, -0.2) is 15.9 Å². The third-order valence-corrected chi connectivity index (χ3v) is 5.16. The molecule has 0 saturated carbocycles. The maximum absolute atomic E-state index is 13.4. The Morgan fingerprint density at radius 2 is 1.65 bits per heavy atom. The topological polar surface area (TPSA) is 66.9 Å². The van der Waals surface area contributed by atoms with Gasteiger partial charge in [0.15, 0.2) is 10.9 Å². The van der Waals surface area contributed by atoms with Crippen LogP contribution >= 0.6 is 11.8 Å². The third-order valence-electron chi connectivity index (χ3n) is 4.26. The molecule has 0 atom stereocenters. The Labute approximate surface area is 194 Å². The average Bonchev–Trinajstić information content (AvgIpc) is 2.76. The Hall–Kier alpha value is -3.54. The number of hydrogen-bond donors (Lipinski definition) is 2. The smallest absolute Gasteiger partial charge is 0.340 e. The largest absolute Gasteiger partial charge is 0.433 e. The second-order valence-corrected chi connectivity index (χ2v) is 7.70. The van der Waals surface area contributed by atoms with Gasteiger partial charge in [-0.1, -0.05) is 42.6 Å². The first-order valence-electron chi connectivity index (χ1n) is 9.50. The highest BCUT2D eigenvalue weighted by atomic mass is 32.2. The maximum Gasteiger partial charge on any atom is 0.433 e. The van der Waals surface area contributed by atoms with Crippen molar-refractivity contribution in [1.29, 1.82) is 0 Å². The molecule has 0 aliphatic rings. The molecule has 0 unspecified atom stereocenters. The number of rotatable bonds is 7. The monoisotopic (exact) mass is 498 g/mol. The van der Waals surface area contributed by atoms with Crippen molar-refractivity contribution in [3.8, 4) is 0 Å². The van der Waals surface area contributed by atoms with Crippen LogP contribution in [0.15, 0.2) is 72.4 Å². The van der Waals surface area contributed by atoms with Gasteiger partial charge in [-0.05, 0) is 35.9 Å². The standard InChI is InChI=1S/C22H16F6N4OS/c1-2-19(33)30-15-8-5-7-14(10-15)29-18-11-17(22(26,27)28)31-20(32-18)34-12-13-6-3-4-9-16(13)21(23,24)25/h2-11H,1,12H2,(H,30,33)(H,29,31,32). The van der Waals surface area contributed by atoms with Gasteiger partial charge in [0, 0.05) is 23.2 Å². The van der Waals surface area contributed by atoms with Crippen LogP contribution in [0.5, 0.6) is 0 Å². The highest BCUT2D eigenvalue weighted by Gasteiger charge is 2.35. The summed E-state index contributed by atoms with van der Waals surface area (Å²) in [4.78, 5) is 18.9. The summed E-state index contributed by atoms with van der Waals surface area (Å²) < 4.78 is 79.8. The number of thioether (sulfide) groups is 1. The molecule has 0 fully saturated rings. The lowest BCUT2D eigenvalue weighted by molar-refractivity contribution is -0.141. The molecule has 12 heteroatoms. The number of carbonyl (C=O) groups is 1. The van der Waals surface area contributed by atoms with E-state index in [-0.39, 0.29) is 22.3 Å². The number of hydrogen-bond acceptors (Lipinski definition) is 5. The molecule has 1 aromatic heterocycles. The van der Waals surface area contributed by atoms with Gasteiger partial charge in [0.1, 0.15) is 5.82 Å². The molecule has 34 heavy (non-hydrogen) atoms. The van der Waals surface area contributed by atoms with Crippen LogP contribution in [0.2, 0.25) is 0 Å². The number of halogens is 6. The molecule has 2 aromatic carbocycles. The molecule has 0 spiro atoms. The van der Waals surface area contributed by atoms with E-state index < -0.39 is 29.5 Å². The van der Waals surface area contributed by atoms with Crippen LogP contribution in [0, 0.1) is 0 Å². The highest BCUT2D eigenvalue weighted by molar-refractivity contribution is 7.98. The number of nitrogens with zero attached hydrogens (tertiary/aromatic N) is 2. The fraction of sp³-hybridized carbons (Fsp3) is 0.136. The molecule has 0 radical (unpaired) electrons. The number of amides is 1. The fourth-order valence-electron chi connectivity index (χ4n) is 2.78. The lowest BCUT2D eigenvalue weighted by Crippen LogP contribution is -2.11. The zero-order chi connectivity index (χ0) is 24.9. The van der Waals surface area contributed by atoms with Crippen LogP contribution in [0.1, 0.15) is 16.8 Å². The number of anilines is 3. The number of aromatic nitrogens is 2. The van der Waals surface area contributed by atoms with Crippen LogP contribution in [0.25, 0.3) is 0 Å². The first kappa shape index (κ1) is 25.1. The van der Waals surface area contributed by atoms with Gasteiger partial charge in [-0.3, -0.25) is 4.79 Å². The average molecular weight is 498 g/mol. The minimum atomic E-state index is -4.81. The fourth-order valence-corrected chi connectivity index (χ4v) is 3.64. The second kappa shape index (κ2) is 10.2. The zero-order valence-electron chi connectivity index (χ0n) is 17.2. The molecule has 0 aliphatic carbocycles. The van der Waals surface area contributed by atoms with E-state index in [1.54, 1.807) is 12.1 Å². The summed E-state index contributed by atoms with van der Waals surface area (Å²) in [5, 5.41) is 4.86. The van der Waals surface area contributed by atoms with E-state index in [0.717, 1.165) is 12.1 Å². The summed E-state index contributed by atoms with van der Waals surface area (Å²) in [5.41, 5.74) is -1.58. The molecular formula is C22H16F6N4OS. The van der Waals surface area contributed by atoms with Crippen molar-refractivity contribution in [3.63, 3.8) is 0 Å².